The summed E-state index contributed by atoms with van der Waals surface area (Å²) >= 11 is 0. The van der Waals surface area contributed by atoms with Crippen molar-refractivity contribution in [2.24, 2.45) is 0 Å². The van der Waals surface area contributed by atoms with E-state index < -0.39 is 116 Å². The molecule has 4 heterocycles. The largest absolute Gasteiger partial charge is 0.394 e. The van der Waals surface area contributed by atoms with Crippen LogP contribution in [0, 0.1) is 0 Å². The Morgan fingerprint density at radius 2 is 1.12 bits per heavy atom. The van der Waals surface area contributed by atoms with Crippen LogP contribution in [0.4, 0.5) is 0 Å². The Morgan fingerprint density at radius 1 is 0.605 bits per heavy atom. The van der Waals surface area contributed by atoms with Gasteiger partial charge in [-0.2, -0.15) is 0 Å². The van der Waals surface area contributed by atoms with E-state index >= 15 is 0 Å². The fourth-order valence-corrected chi connectivity index (χ4v) is 6.02. The van der Waals surface area contributed by atoms with Crippen molar-refractivity contribution in [1.29, 1.82) is 0 Å². The highest BCUT2D eigenvalue weighted by molar-refractivity contribution is 5.01. The maximum atomic E-state index is 11.1. The molecule has 17 heteroatoms. The van der Waals surface area contributed by atoms with Crippen LogP contribution in [0.5, 0.6) is 0 Å². The minimum Gasteiger partial charge on any atom is -0.394 e. The van der Waals surface area contributed by atoms with E-state index in [1.54, 1.807) is 27.7 Å². The monoisotopic (exact) mass is 630 g/mol. The molecule has 252 valence electrons. The van der Waals surface area contributed by atoms with Crippen molar-refractivity contribution in [3.05, 3.63) is 0 Å². The summed E-state index contributed by atoms with van der Waals surface area (Å²) in [7, 11) is 0. The van der Waals surface area contributed by atoms with E-state index in [4.69, 9.17) is 33.2 Å². The molecule has 0 spiro atoms. The summed E-state index contributed by atoms with van der Waals surface area (Å²) in [6.07, 6.45) is -22.1. The fraction of sp³-hybridized carbons (Fsp3) is 1.00. The Balaban J connectivity index is 1.38. The summed E-state index contributed by atoms with van der Waals surface area (Å²) in [5.41, 5.74) is -2.70. The number of aliphatic hydroxyl groups is 10. The van der Waals surface area contributed by atoms with Crippen LogP contribution in [0.1, 0.15) is 27.7 Å². The van der Waals surface area contributed by atoms with Crippen LogP contribution >= 0.6 is 0 Å². The van der Waals surface area contributed by atoms with Crippen molar-refractivity contribution >= 4 is 0 Å². The van der Waals surface area contributed by atoms with Crippen molar-refractivity contribution in [3.8, 4) is 0 Å². The van der Waals surface area contributed by atoms with Crippen LogP contribution in [0.15, 0.2) is 0 Å². The number of rotatable bonds is 9. The molecular weight excluding hydrogens is 584 g/mol. The molecule has 4 aliphatic heterocycles. The smallest absolute Gasteiger partial charge is 0.187 e. The summed E-state index contributed by atoms with van der Waals surface area (Å²) in [5.74, 6) is 0. The molecule has 7 unspecified atom stereocenters. The van der Waals surface area contributed by atoms with Crippen LogP contribution < -0.4 is 0 Å². The molecule has 0 aromatic carbocycles. The van der Waals surface area contributed by atoms with E-state index in [0.717, 1.165) is 0 Å². The Bertz CT molecular complexity index is 907. The van der Waals surface area contributed by atoms with Gasteiger partial charge in [-0.1, -0.05) is 0 Å². The van der Waals surface area contributed by atoms with Gasteiger partial charge in [0.2, 0.25) is 0 Å². The minimum absolute atomic E-state index is 0.238. The molecule has 0 amide bonds. The third kappa shape index (κ3) is 7.18. The van der Waals surface area contributed by atoms with Gasteiger partial charge in [0, 0.05) is 0 Å². The predicted molar refractivity (Wildman–Crippen MR) is 138 cm³/mol. The Hall–Kier alpha value is -0.680. The molecule has 0 aromatic heterocycles. The zero-order valence-electron chi connectivity index (χ0n) is 24.4. The zero-order chi connectivity index (χ0) is 32.0. The van der Waals surface area contributed by atoms with Gasteiger partial charge in [-0.05, 0) is 27.7 Å². The average Bonchev–Trinajstić information content (AvgIpc) is 3.21. The van der Waals surface area contributed by atoms with Gasteiger partial charge in [0.25, 0.3) is 0 Å². The quantitative estimate of drug-likeness (QED) is 0.114. The molecule has 0 aromatic rings. The number of hydrogen-bond acceptors (Lipinski definition) is 17. The molecule has 4 fully saturated rings. The summed E-state index contributed by atoms with van der Waals surface area (Å²) in [6.45, 7) is 4.81. The van der Waals surface area contributed by atoms with E-state index in [9.17, 15) is 51.1 Å². The second kappa shape index (κ2) is 13.6. The summed E-state index contributed by atoms with van der Waals surface area (Å²) in [4.78, 5) is 0. The highest BCUT2D eigenvalue weighted by Crippen LogP contribution is 2.36. The van der Waals surface area contributed by atoms with E-state index in [0.29, 0.717) is 0 Å². The predicted octanol–water partition coefficient (Wildman–Crippen LogP) is -5.55. The molecule has 0 bridgehead atoms. The van der Waals surface area contributed by atoms with Crippen LogP contribution in [0.25, 0.3) is 0 Å². The Labute approximate surface area is 248 Å². The molecule has 0 aliphatic carbocycles. The highest BCUT2D eigenvalue weighted by Gasteiger charge is 2.54. The lowest BCUT2D eigenvalue weighted by molar-refractivity contribution is -0.317. The lowest BCUT2D eigenvalue weighted by atomic mass is 9.86. The first-order valence-electron chi connectivity index (χ1n) is 14.2. The van der Waals surface area contributed by atoms with Crippen molar-refractivity contribution in [1.82, 2.24) is 0 Å². The molecular formula is C26H46O17. The molecule has 0 radical (unpaired) electrons. The summed E-state index contributed by atoms with van der Waals surface area (Å²) in [6, 6.07) is 0. The van der Waals surface area contributed by atoms with Gasteiger partial charge in [0.05, 0.1) is 37.6 Å². The van der Waals surface area contributed by atoms with Crippen LogP contribution in [0.2, 0.25) is 0 Å². The SMILES string of the molecule is CC(C)(O[C@@H]1CO[C@@H](O)C(O)C1O)[C@@H]1OC[C@@H](OC(C)(C)[C@@H]2OC[C@@H](O)C(O[C@@H]3O[C@@H](CO)C(O)C3O)[C@@H]2O)C(O)C1O. The molecule has 0 saturated carbocycles. The zero-order valence-corrected chi connectivity index (χ0v) is 24.4. The third-order valence-corrected chi connectivity index (χ3v) is 8.48. The van der Waals surface area contributed by atoms with Crippen molar-refractivity contribution < 1.29 is 84.2 Å². The van der Waals surface area contributed by atoms with Gasteiger partial charge in [0.1, 0.15) is 85.5 Å². The number of aliphatic hydroxyl groups excluding tert-OH is 10. The van der Waals surface area contributed by atoms with Gasteiger partial charge >= 0.3 is 0 Å². The normalized spacial score (nSPS) is 48.4. The van der Waals surface area contributed by atoms with E-state index in [1.807, 2.05) is 0 Å². The second-order valence-electron chi connectivity index (χ2n) is 12.6. The van der Waals surface area contributed by atoms with Crippen molar-refractivity contribution in [2.75, 3.05) is 26.4 Å². The third-order valence-electron chi connectivity index (χ3n) is 8.48. The van der Waals surface area contributed by atoms with Crippen molar-refractivity contribution in [3.63, 3.8) is 0 Å². The van der Waals surface area contributed by atoms with Gasteiger partial charge in [-0.3, -0.25) is 0 Å². The topological polar surface area (TPSA) is 267 Å². The number of ether oxygens (including phenoxy) is 7. The van der Waals surface area contributed by atoms with E-state index in [1.165, 1.54) is 0 Å². The van der Waals surface area contributed by atoms with E-state index in [2.05, 4.69) is 0 Å². The van der Waals surface area contributed by atoms with Crippen molar-refractivity contribution in [2.45, 2.75) is 137 Å². The Morgan fingerprint density at radius 3 is 1.67 bits per heavy atom. The first kappa shape index (κ1) is 35.2. The summed E-state index contributed by atoms with van der Waals surface area (Å²) in [5, 5.41) is 103. The lowest BCUT2D eigenvalue weighted by Crippen LogP contribution is -2.66. The van der Waals surface area contributed by atoms with Gasteiger partial charge in [0.15, 0.2) is 12.6 Å². The highest BCUT2D eigenvalue weighted by atomic mass is 16.7. The van der Waals surface area contributed by atoms with Crippen LogP contribution in [0.3, 0.4) is 0 Å². The molecule has 17 nitrogen and oxygen atoms in total. The lowest BCUT2D eigenvalue weighted by Gasteiger charge is -2.49. The molecule has 16 atom stereocenters. The maximum Gasteiger partial charge on any atom is 0.187 e. The fourth-order valence-electron chi connectivity index (χ4n) is 6.02. The first-order valence-corrected chi connectivity index (χ1v) is 14.2. The number of hydrogen-bond donors (Lipinski definition) is 10. The molecule has 10 N–H and O–H groups in total. The second-order valence-corrected chi connectivity index (χ2v) is 12.6. The molecule has 43 heavy (non-hydrogen) atoms. The van der Waals surface area contributed by atoms with Gasteiger partial charge in [-0.15, -0.1) is 0 Å². The molecule has 4 aliphatic rings. The van der Waals surface area contributed by atoms with Gasteiger partial charge < -0.3 is 84.2 Å². The van der Waals surface area contributed by atoms with Crippen LogP contribution in [-0.4, -0.2) is 187 Å². The maximum absolute atomic E-state index is 11.1. The van der Waals surface area contributed by atoms with Crippen LogP contribution in [-0.2, 0) is 33.2 Å². The first-order chi connectivity index (χ1) is 20.0. The van der Waals surface area contributed by atoms with E-state index in [-0.39, 0.29) is 19.8 Å². The Kier molecular flexibility index (Phi) is 11.1. The summed E-state index contributed by atoms with van der Waals surface area (Å²) < 4.78 is 39.4. The molecule has 4 rings (SSSR count). The standard InChI is InChI=1S/C26H46O17/c1-25(2,43-12-8-39-23(36)17(33)15(12)31)21-16(32)14(30)11(7-38-21)42-26(3,4)22-19(35)20(9(28)6-37-22)41-24-18(34)13(29)10(5-27)40-24/h9-24,27-36H,5-8H2,1-4H3/t9-,10+,11-,12-,13?,14?,15?,16?,17?,18?,19+,20?,21-,22-,23-,24+/m1/s1. The average molecular weight is 631 g/mol. The minimum atomic E-state index is -1.61. The van der Waals surface area contributed by atoms with Gasteiger partial charge in [-0.25, -0.2) is 0 Å². The molecule has 4 saturated heterocycles.